The van der Waals surface area contributed by atoms with Gasteiger partial charge in [-0.15, -0.1) is 0 Å². The fraction of sp³-hybridized carbons (Fsp3) is 0.200. The van der Waals surface area contributed by atoms with Crippen LogP contribution in [0.5, 0.6) is 5.75 Å². The molecule has 0 radical (unpaired) electrons. The Hall–Kier alpha value is -2.21. The summed E-state index contributed by atoms with van der Waals surface area (Å²) in [7, 11) is 3.66. The van der Waals surface area contributed by atoms with Crippen molar-refractivity contribution < 1.29 is 4.74 Å². The molecule has 1 aliphatic rings. The van der Waals surface area contributed by atoms with E-state index in [1.165, 1.54) is 0 Å². The highest BCUT2D eigenvalue weighted by atomic mass is 32.2. The molecule has 21 heavy (non-hydrogen) atoms. The lowest BCUT2D eigenvalue weighted by Gasteiger charge is -2.15. The van der Waals surface area contributed by atoms with Crippen molar-refractivity contribution in [3.8, 4) is 5.75 Å². The lowest BCUT2D eigenvalue weighted by molar-refractivity contribution is 0.416. The highest BCUT2D eigenvalue weighted by Gasteiger charge is 2.15. The maximum Gasteiger partial charge on any atom is 0.182 e. The second kappa shape index (κ2) is 6.05. The van der Waals surface area contributed by atoms with Crippen LogP contribution in [0.1, 0.15) is 5.69 Å². The lowest BCUT2D eigenvalue weighted by atomic mass is 10.3. The van der Waals surface area contributed by atoms with E-state index in [2.05, 4.69) is 26.2 Å². The van der Waals surface area contributed by atoms with E-state index in [0.717, 1.165) is 33.8 Å². The molecule has 1 aromatic carbocycles. The SMILES string of the molecule is COc1ccccc1N=C1NN=C(c2cccn2C)CS1. The third-order valence-electron chi connectivity index (χ3n) is 3.18. The predicted octanol–water partition coefficient (Wildman–Crippen LogP) is 2.76. The van der Waals surface area contributed by atoms with Crippen molar-refractivity contribution in [2.45, 2.75) is 0 Å². The van der Waals surface area contributed by atoms with Crippen LogP contribution < -0.4 is 10.2 Å². The van der Waals surface area contributed by atoms with Gasteiger partial charge >= 0.3 is 0 Å². The maximum absolute atomic E-state index is 5.30. The molecule has 6 heteroatoms. The summed E-state index contributed by atoms with van der Waals surface area (Å²) in [6.45, 7) is 0. The molecule has 5 nitrogen and oxygen atoms in total. The Kier molecular flexibility index (Phi) is 3.96. The number of thioether (sulfide) groups is 1. The first-order valence-electron chi connectivity index (χ1n) is 6.56. The molecule has 1 aliphatic heterocycles. The number of hydrogen-bond donors (Lipinski definition) is 1. The molecule has 0 bridgehead atoms. The summed E-state index contributed by atoms with van der Waals surface area (Å²) in [5.74, 6) is 1.54. The number of aromatic nitrogens is 1. The van der Waals surface area contributed by atoms with Crippen LogP contribution >= 0.6 is 11.8 Å². The van der Waals surface area contributed by atoms with Crippen molar-refractivity contribution in [1.82, 2.24) is 9.99 Å². The molecule has 108 valence electrons. The highest BCUT2D eigenvalue weighted by Crippen LogP contribution is 2.28. The van der Waals surface area contributed by atoms with E-state index >= 15 is 0 Å². The smallest absolute Gasteiger partial charge is 0.182 e. The number of nitrogens with zero attached hydrogens (tertiary/aromatic N) is 3. The summed E-state index contributed by atoms with van der Waals surface area (Å²) in [6, 6.07) is 11.8. The van der Waals surface area contributed by atoms with Crippen LogP contribution in [0.2, 0.25) is 0 Å². The summed E-state index contributed by atoms with van der Waals surface area (Å²) in [6.07, 6.45) is 2.01. The van der Waals surface area contributed by atoms with Crippen molar-refractivity contribution in [2.75, 3.05) is 12.9 Å². The molecule has 1 aromatic heterocycles. The van der Waals surface area contributed by atoms with E-state index in [1.807, 2.05) is 43.6 Å². The van der Waals surface area contributed by atoms with Crippen LogP contribution in [0.3, 0.4) is 0 Å². The highest BCUT2D eigenvalue weighted by molar-refractivity contribution is 8.14. The largest absolute Gasteiger partial charge is 0.494 e. The molecule has 0 aliphatic carbocycles. The van der Waals surface area contributed by atoms with Crippen molar-refractivity contribution >= 4 is 28.3 Å². The standard InChI is InChI=1S/C15H16N4OS/c1-19-9-5-7-13(19)12-10-21-15(18-17-12)16-11-6-3-4-8-14(11)20-2/h3-9H,10H2,1-2H3,(H,16,18). The van der Waals surface area contributed by atoms with Crippen LogP contribution in [0.15, 0.2) is 52.7 Å². The number of aliphatic imine (C=N–C) groups is 1. The van der Waals surface area contributed by atoms with Gasteiger partial charge in [0.05, 0.1) is 18.5 Å². The van der Waals surface area contributed by atoms with E-state index in [1.54, 1.807) is 18.9 Å². The monoisotopic (exact) mass is 300 g/mol. The summed E-state index contributed by atoms with van der Waals surface area (Å²) < 4.78 is 7.36. The Morgan fingerprint density at radius 2 is 2.14 bits per heavy atom. The Morgan fingerprint density at radius 3 is 2.81 bits per heavy atom. The maximum atomic E-state index is 5.30. The van der Waals surface area contributed by atoms with Crippen LogP contribution in [0, 0.1) is 0 Å². The number of hydrogen-bond acceptors (Lipinski definition) is 4. The Balaban J connectivity index is 1.80. The first kappa shape index (κ1) is 13.8. The number of benzene rings is 1. The molecular formula is C15H16N4OS. The molecule has 0 atom stereocenters. The number of para-hydroxylation sites is 2. The summed E-state index contributed by atoms with van der Waals surface area (Å²) in [5.41, 5.74) is 5.95. The minimum atomic E-state index is 0.754. The second-order valence-electron chi connectivity index (χ2n) is 4.55. The number of methoxy groups -OCH3 is 1. The zero-order valence-corrected chi connectivity index (χ0v) is 12.7. The van der Waals surface area contributed by atoms with Crippen LogP contribution in [-0.2, 0) is 7.05 Å². The zero-order chi connectivity index (χ0) is 14.7. The Labute approximate surface area is 127 Å². The number of hydrazone groups is 1. The minimum Gasteiger partial charge on any atom is -0.494 e. The first-order valence-corrected chi connectivity index (χ1v) is 7.55. The topological polar surface area (TPSA) is 50.9 Å². The molecule has 0 spiro atoms. The van der Waals surface area contributed by atoms with Gasteiger partial charge in [-0.25, -0.2) is 4.99 Å². The number of rotatable bonds is 3. The Morgan fingerprint density at radius 1 is 1.29 bits per heavy atom. The molecule has 0 fully saturated rings. The molecule has 0 saturated carbocycles. The predicted molar refractivity (Wildman–Crippen MR) is 87.6 cm³/mol. The third kappa shape index (κ3) is 2.95. The van der Waals surface area contributed by atoms with Gasteiger partial charge in [-0.05, 0) is 24.3 Å². The van der Waals surface area contributed by atoms with Gasteiger partial charge in [-0.2, -0.15) is 5.10 Å². The van der Waals surface area contributed by atoms with Crippen molar-refractivity contribution in [1.29, 1.82) is 0 Å². The molecule has 2 aromatic rings. The van der Waals surface area contributed by atoms with Crippen molar-refractivity contribution in [3.05, 3.63) is 48.3 Å². The molecule has 0 saturated heterocycles. The van der Waals surface area contributed by atoms with Crippen LogP contribution in [0.25, 0.3) is 0 Å². The van der Waals surface area contributed by atoms with Gasteiger partial charge in [0, 0.05) is 19.0 Å². The van der Waals surface area contributed by atoms with E-state index in [9.17, 15) is 0 Å². The van der Waals surface area contributed by atoms with Gasteiger partial charge in [-0.3, -0.25) is 5.43 Å². The van der Waals surface area contributed by atoms with Gasteiger partial charge in [0.1, 0.15) is 11.4 Å². The average Bonchev–Trinajstić information content (AvgIpc) is 2.95. The van der Waals surface area contributed by atoms with Crippen LogP contribution in [-0.4, -0.2) is 28.3 Å². The molecule has 0 unspecified atom stereocenters. The van der Waals surface area contributed by atoms with Crippen molar-refractivity contribution in [3.63, 3.8) is 0 Å². The van der Waals surface area contributed by atoms with E-state index in [-0.39, 0.29) is 0 Å². The minimum absolute atomic E-state index is 0.754. The summed E-state index contributed by atoms with van der Waals surface area (Å²) in [5, 5.41) is 5.19. The molecule has 3 rings (SSSR count). The number of amidine groups is 1. The first-order chi connectivity index (χ1) is 10.3. The second-order valence-corrected chi connectivity index (χ2v) is 5.52. The van der Waals surface area contributed by atoms with Gasteiger partial charge in [0.15, 0.2) is 5.17 Å². The number of aryl methyl sites for hydroxylation is 1. The molecular weight excluding hydrogens is 284 g/mol. The van der Waals surface area contributed by atoms with Crippen LogP contribution in [0.4, 0.5) is 5.69 Å². The fourth-order valence-electron chi connectivity index (χ4n) is 2.10. The van der Waals surface area contributed by atoms with E-state index < -0.39 is 0 Å². The fourth-order valence-corrected chi connectivity index (χ4v) is 2.86. The van der Waals surface area contributed by atoms with Gasteiger partial charge < -0.3 is 9.30 Å². The molecule has 2 heterocycles. The van der Waals surface area contributed by atoms with Gasteiger partial charge in [0.25, 0.3) is 0 Å². The zero-order valence-electron chi connectivity index (χ0n) is 11.9. The lowest BCUT2D eigenvalue weighted by Crippen LogP contribution is -2.26. The number of ether oxygens (including phenoxy) is 1. The molecule has 0 amide bonds. The third-order valence-corrected chi connectivity index (χ3v) is 4.05. The van der Waals surface area contributed by atoms with Gasteiger partial charge in [-0.1, -0.05) is 23.9 Å². The van der Waals surface area contributed by atoms with Crippen molar-refractivity contribution in [2.24, 2.45) is 17.1 Å². The molecule has 1 N–H and O–H groups in total. The van der Waals surface area contributed by atoms with E-state index in [0.29, 0.717) is 0 Å². The quantitative estimate of drug-likeness (QED) is 0.948. The average molecular weight is 300 g/mol. The van der Waals surface area contributed by atoms with Gasteiger partial charge in [0.2, 0.25) is 0 Å². The summed E-state index contributed by atoms with van der Waals surface area (Å²) >= 11 is 1.63. The van der Waals surface area contributed by atoms with E-state index in [4.69, 9.17) is 4.74 Å². The summed E-state index contributed by atoms with van der Waals surface area (Å²) in [4.78, 5) is 4.56. The normalized spacial score (nSPS) is 16.5. The Bertz CT molecular complexity index is 705. The number of nitrogens with one attached hydrogen (secondary N) is 1.